The number of nitrogens with zero attached hydrogens (tertiary/aromatic N) is 1. The average Bonchev–Trinajstić information content (AvgIpc) is 3.43. The van der Waals surface area contributed by atoms with Gasteiger partial charge in [-0.05, 0) is 42.5 Å². The van der Waals surface area contributed by atoms with Crippen LogP contribution in [-0.2, 0) is 14.4 Å². The average molecular weight is 464 g/mol. The first-order chi connectivity index (χ1) is 15.8. The van der Waals surface area contributed by atoms with Crippen LogP contribution in [0, 0.1) is 0 Å². The van der Waals surface area contributed by atoms with Crippen LogP contribution >= 0.6 is 0 Å². The van der Waals surface area contributed by atoms with Crippen LogP contribution in [0.4, 0.5) is 11.4 Å². The van der Waals surface area contributed by atoms with Crippen LogP contribution in [0.2, 0.25) is 0 Å². The fraction of sp³-hybridized carbons (Fsp3) is 0.0400. The normalized spacial score (nSPS) is 16.3. The van der Waals surface area contributed by atoms with E-state index in [4.69, 9.17) is 9.52 Å². The van der Waals surface area contributed by atoms with E-state index in [1.54, 1.807) is 54.6 Å². The van der Waals surface area contributed by atoms with Crippen molar-refractivity contribution in [1.29, 1.82) is 0 Å². The number of carbonyl (C=O) groups excluding carboxylic acids is 3. The van der Waals surface area contributed by atoms with Gasteiger partial charge in [-0.25, -0.2) is 9.69 Å². The molecule has 1 aromatic heterocycles. The standard InChI is InChI=1S/C25H16N2O6.Na.H/c1-13(28)27-22-5-3-2-4-18(22)20(24(27)30)12-16-8-7-15(33-16)11-19-17-9-6-14(25(31)32)10-21(17)26-23(19)29;;/h2-12H,1H3,(H,26,29)(H,31,32);;/b19-11+,20-12+;;. The number of imide groups is 1. The number of para-hydroxylation sites is 1. The first-order valence-electron chi connectivity index (χ1n) is 10.00. The van der Waals surface area contributed by atoms with Crippen molar-refractivity contribution >= 4 is 87.9 Å². The third kappa shape index (κ3) is 3.92. The molecule has 0 saturated heterocycles. The van der Waals surface area contributed by atoms with Gasteiger partial charge in [-0.15, -0.1) is 0 Å². The Balaban J connectivity index is 0.00000274. The fourth-order valence-electron chi connectivity index (χ4n) is 3.97. The van der Waals surface area contributed by atoms with Crippen molar-refractivity contribution in [3.63, 3.8) is 0 Å². The van der Waals surface area contributed by atoms with Gasteiger partial charge in [0, 0.05) is 23.7 Å². The zero-order valence-corrected chi connectivity index (χ0v) is 17.3. The Morgan fingerprint density at radius 2 is 1.62 bits per heavy atom. The van der Waals surface area contributed by atoms with Crippen LogP contribution in [0.15, 0.2) is 59.0 Å². The maximum atomic E-state index is 12.8. The monoisotopic (exact) mass is 464 g/mol. The third-order valence-electron chi connectivity index (χ3n) is 5.45. The molecule has 0 atom stereocenters. The van der Waals surface area contributed by atoms with Crippen molar-refractivity contribution in [1.82, 2.24) is 0 Å². The Morgan fingerprint density at radius 3 is 2.29 bits per heavy atom. The summed E-state index contributed by atoms with van der Waals surface area (Å²) in [5, 5.41) is 11.8. The zero-order chi connectivity index (χ0) is 23.3. The predicted molar refractivity (Wildman–Crippen MR) is 128 cm³/mol. The number of amides is 3. The molecule has 0 saturated carbocycles. The Bertz CT molecular complexity index is 1450. The molecule has 0 spiro atoms. The molecule has 9 heteroatoms. The van der Waals surface area contributed by atoms with Gasteiger partial charge in [0.2, 0.25) is 5.91 Å². The van der Waals surface area contributed by atoms with Crippen molar-refractivity contribution in [3.8, 4) is 0 Å². The van der Waals surface area contributed by atoms with Gasteiger partial charge >= 0.3 is 35.5 Å². The van der Waals surface area contributed by atoms with E-state index in [-0.39, 0.29) is 46.9 Å². The Hall–Kier alpha value is -3.72. The topological polar surface area (TPSA) is 117 Å². The third-order valence-corrected chi connectivity index (χ3v) is 5.45. The number of furan rings is 1. The van der Waals surface area contributed by atoms with E-state index in [1.165, 1.54) is 19.1 Å². The molecular weight excluding hydrogens is 447 g/mol. The molecule has 164 valence electrons. The van der Waals surface area contributed by atoms with Crippen molar-refractivity contribution in [2.75, 3.05) is 10.2 Å². The summed E-state index contributed by atoms with van der Waals surface area (Å²) >= 11 is 0. The Kier molecular flexibility index (Phi) is 6.14. The molecular formula is C25H17N2NaO6. The van der Waals surface area contributed by atoms with Crippen LogP contribution in [0.25, 0.3) is 23.3 Å². The number of fused-ring (bicyclic) bond motifs is 2. The number of carboxylic acids is 1. The van der Waals surface area contributed by atoms with Crippen LogP contribution in [0.5, 0.6) is 0 Å². The number of hydrogen-bond acceptors (Lipinski definition) is 5. The van der Waals surface area contributed by atoms with Gasteiger partial charge in [-0.3, -0.25) is 14.4 Å². The zero-order valence-electron chi connectivity index (χ0n) is 17.3. The summed E-state index contributed by atoms with van der Waals surface area (Å²) in [5.41, 5.74) is 2.88. The van der Waals surface area contributed by atoms with E-state index < -0.39 is 11.9 Å². The van der Waals surface area contributed by atoms with E-state index in [2.05, 4.69) is 5.32 Å². The number of rotatable bonds is 3. The van der Waals surface area contributed by atoms with Gasteiger partial charge in [0.25, 0.3) is 11.8 Å². The first-order valence-corrected chi connectivity index (χ1v) is 10.00. The molecule has 2 N–H and O–H groups in total. The molecule has 3 amide bonds. The molecule has 2 aliphatic heterocycles. The number of aromatic carboxylic acids is 1. The first kappa shape index (κ1) is 23.4. The van der Waals surface area contributed by atoms with Gasteiger partial charge in [-0.1, -0.05) is 24.3 Å². The van der Waals surface area contributed by atoms with Gasteiger partial charge in [-0.2, -0.15) is 0 Å². The summed E-state index contributed by atoms with van der Waals surface area (Å²) in [6.45, 7) is 1.33. The van der Waals surface area contributed by atoms with Gasteiger partial charge in [0.15, 0.2) is 0 Å². The number of carbonyl (C=O) groups is 4. The van der Waals surface area contributed by atoms with Crippen LogP contribution in [-0.4, -0.2) is 58.4 Å². The van der Waals surface area contributed by atoms with Crippen LogP contribution in [0.1, 0.15) is 39.9 Å². The van der Waals surface area contributed by atoms with Crippen LogP contribution < -0.4 is 10.2 Å². The van der Waals surface area contributed by atoms with Crippen molar-refractivity contribution in [3.05, 3.63) is 82.8 Å². The summed E-state index contributed by atoms with van der Waals surface area (Å²) in [6, 6.07) is 14.7. The molecule has 0 aliphatic carbocycles. The molecule has 0 fully saturated rings. The summed E-state index contributed by atoms with van der Waals surface area (Å²) in [6.07, 6.45) is 3.11. The number of benzene rings is 2. The molecule has 8 nitrogen and oxygen atoms in total. The molecule has 2 aliphatic rings. The molecule has 3 heterocycles. The van der Waals surface area contributed by atoms with Gasteiger partial charge < -0.3 is 14.8 Å². The summed E-state index contributed by atoms with van der Waals surface area (Å²) in [4.78, 5) is 49.5. The molecule has 34 heavy (non-hydrogen) atoms. The predicted octanol–water partition coefficient (Wildman–Crippen LogP) is 3.26. The second-order valence-corrected chi connectivity index (χ2v) is 7.55. The second kappa shape index (κ2) is 8.90. The molecule has 3 aromatic rings. The minimum atomic E-state index is -1.08. The number of carboxylic acid groups (broad SMARTS) is 1. The Morgan fingerprint density at radius 1 is 0.941 bits per heavy atom. The van der Waals surface area contributed by atoms with E-state index in [1.807, 2.05) is 0 Å². The van der Waals surface area contributed by atoms with Crippen molar-refractivity contribution in [2.45, 2.75) is 6.92 Å². The second-order valence-electron chi connectivity index (χ2n) is 7.55. The van der Waals surface area contributed by atoms with E-state index >= 15 is 0 Å². The maximum absolute atomic E-state index is 12.8. The van der Waals surface area contributed by atoms with E-state index in [0.29, 0.717) is 45.2 Å². The quantitative estimate of drug-likeness (QED) is 0.454. The number of hydrogen-bond donors (Lipinski definition) is 2. The minimum absolute atomic E-state index is 0. The van der Waals surface area contributed by atoms with E-state index in [0.717, 1.165) is 4.90 Å². The fourth-order valence-corrected chi connectivity index (χ4v) is 3.97. The molecule has 0 bridgehead atoms. The Labute approximate surface area is 215 Å². The summed E-state index contributed by atoms with van der Waals surface area (Å²) < 4.78 is 5.81. The SMILES string of the molecule is CC(=O)N1C(=O)/C(=C/c2ccc(/C=C3/C(=O)Nc4cc(C(=O)O)ccc43)o2)c2ccccc21.[NaH]. The molecule has 0 radical (unpaired) electrons. The van der Waals surface area contributed by atoms with Crippen LogP contribution in [0.3, 0.4) is 0 Å². The van der Waals surface area contributed by atoms with Gasteiger partial charge in [0.05, 0.1) is 22.4 Å². The van der Waals surface area contributed by atoms with Gasteiger partial charge in [0.1, 0.15) is 11.5 Å². The molecule has 5 rings (SSSR count). The summed E-state index contributed by atoms with van der Waals surface area (Å²) in [7, 11) is 0. The molecule has 0 unspecified atom stereocenters. The van der Waals surface area contributed by atoms with E-state index in [9.17, 15) is 19.2 Å². The number of nitrogens with one attached hydrogen (secondary N) is 1. The van der Waals surface area contributed by atoms with Crippen molar-refractivity contribution < 1.29 is 28.7 Å². The number of anilines is 2. The summed E-state index contributed by atoms with van der Waals surface area (Å²) in [5.74, 6) is -1.51. The molecule has 2 aromatic carbocycles. The van der Waals surface area contributed by atoms with Crippen molar-refractivity contribution in [2.24, 2.45) is 0 Å².